The fourth-order valence-electron chi connectivity index (χ4n) is 9.75. The number of hydrogen-bond acceptors (Lipinski definition) is 9. The lowest BCUT2D eigenvalue weighted by Crippen LogP contribution is -2.58. The lowest BCUT2D eigenvalue weighted by atomic mass is 9.70. The first-order valence-electron chi connectivity index (χ1n) is 18.5. The molecule has 6 aliphatic rings. The maximum absolute atomic E-state index is 14.0. The predicted octanol–water partition coefficient (Wildman–Crippen LogP) is 3.89. The standard InChI is InChI=1S/C35H52ClF2N5O5S2/c1-19-12-26(32-31(39-19)28(18-49-32)33(44)41-50(3,46)47)25-13-22(36)4-9-30(25)48-11-10-42-20(2)40-29-8-7-24(14-27(29)34(42)45)43(23-5-6-23)17-21-15-35(37,38)16-21/h19,21-26,28,30-32,39H,4-18H2,1-3H3,(H,41,44)/t19?,22?,24-,25?,26?,28?,30?,31?,32?/m0/s1. The number of aromatic nitrogens is 2. The van der Waals surface area contributed by atoms with Crippen molar-refractivity contribution in [3.8, 4) is 0 Å². The van der Waals surface area contributed by atoms with E-state index in [0.29, 0.717) is 43.7 Å². The molecule has 7 rings (SSSR count). The number of carbonyl (C=O) groups excluding carboxylic acids is 1. The number of thioether (sulfide) groups is 1. The molecule has 2 N–H and O–H groups in total. The van der Waals surface area contributed by atoms with Crippen LogP contribution in [0.2, 0.25) is 0 Å². The number of nitrogens with one attached hydrogen (secondary N) is 2. The van der Waals surface area contributed by atoms with Gasteiger partial charge in [-0.1, -0.05) is 0 Å². The number of amides is 1. The molecule has 1 aromatic heterocycles. The lowest BCUT2D eigenvalue weighted by Gasteiger charge is -2.47. The molecule has 0 bridgehead atoms. The lowest BCUT2D eigenvalue weighted by molar-refractivity contribution is -0.123. The van der Waals surface area contributed by atoms with Gasteiger partial charge in [0.25, 0.3) is 5.56 Å². The van der Waals surface area contributed by atoms with Crippen LogP contribution in [0.1, 0.15) is 81.8 Å². The maximum Gasteiger partial charge on any atom is 0.257 e. The van der Waals surface area contributed by atoms with Crippen molar-refractivity contribution in [1.82, 2.24) is 24.5 Å². The third-order valence-corrected chi connectivity index (χ3v) is 14.7. The topological polar surface area (TPSA) is 123 Å². The van der Waals surface area contributed by atoms with Crippen LogP contribution in [-0.4, -0.2) is 101 Å². The van der Waals surface area contributed by atoms with Crippen molar-refractivity contribution in [1.29, 1.82) is 0 Å². The number of nitrogens with zero attached hydrogens (tertiary/aromatic N) is 3. The van der Waals surface area contributed by atoms with Crippen LogP contribution in [0.4, 0.5) is 8.78 Å². The molecule has 8 unspecified atom stereocenters. The zero-order valence-electron chi connectivity index (χ0n) is 29.3. The van der Waals surface area contributed by atoms with Crippen LogP contribution in [0.5, 0.6) is 0 Å². The molecule has 15 heteroatoms. The molecule has 50 heavy (non-hydrogen) atoms. The van der Waals surface area contributed by atoms with Gasteiger partial charge in [0.05, 0.1) is 37.1 Å². The number of fused-ring (bicyclic) bond motifs is 2. The summed E-state index contributed by atoms with van der Waals surface area (Å²) in [4.78, 5) is 34.2. The summed E-state index contributed by atoms with van der Waals surface area (Å²) in [6.45, 7) is 5.45. The normalized spacial score (nSPS) is 35.7. The smallest absolute Gasteiger partial charge is 0.257 e. The van der Waals surface area contributed by atoms with Gasteiger partial charge in [-0.05, 0) is 89.4 Å². The minimum Gasteiger partial charge on any atom is -0.376 e. The molecule has 0 spiro atoms. The number of rotatable bonds is 11. The van der Waals surface area contributed by atoms with E-state index < -0.39 is 27.8 Å². The van der Waals surface area contributed by atoms with Crippen molar-refractivity contribution in [2.45, 2.75) is 138 Å². The third kappa shape index (κ3) is 8.10. The Morgan fingerprint density at radius 2 is 1.92 bits per heavy atom. The molecule has 0 aromatic carbocycles. The van der Waals surface area contributed by atoms with E-state index in [1.54, 1.807) is 16.3 Å². The van der Waals surface area contributed by atoms with Crippen LogP contribution < -0.4 is 15.6 Å². The van der Waals surface area contributed by atoms with Crippen LogP contribution in [-0.2, 0) is 38.9 Å². The molecule has 0 radical (unpaired) electrons. The van der Waals surface area contributed by atoms with E-state index >= 15 is 0 Å². The van der Waals surface area contributed by atoms with Crippen molar-refractivity contribution in [3.05, 3.63) is 27.4 Å². The molecule has 1 aromatic rings. The molecule has 1 amide bonds. The van der Waals surface area contributed by atoms with E-state index in [0.717, 1.165) is 68.9 Å². The minimum atomic E-state index is -3.65. The first-order chi connectivity index (χ1) is 23.7. The second-order valence-electron chi connectivity index (χ2n) is 16.1. The highest BCUT2D eigenvalue weighted by Crippen LogP contribution is 2.49. The molecule has 5 fully saturated rings. The summed E-state index contributed by atoms with van der Waals surface area (Å²) in [5.74, 6) is -1.72. The molecule has 9 atom stereocenters. The van der Waals surface area contributed by atoms with E-state index in [2.05, 4.69) is 21.9 Å². The Hall–Kier alpha value is -1.32. The molecule has 4 aliphatic carbocycles. The Balaban J connectivity index is 1.01. The highest BCUT2D eigenvalue weighted by Gasteiger charge is 2.52. The second-order valence-corrected chi connectivity index (χ2v) is 19.7. The average molecular weight is 760 g/mol. The van der Waals surface area contributed by atoms with Crippen molar-refractivity contribution < 1.29 is 26.7 Å². The molecular weight excluding hydrogens is 708 g/mol. The van der Waals surface area contributed by atoms with Crippen LogP contribution in [0.3, 0.4) is 0 Å². The zero-order valence-corrected chi connectivity index (χ0v) is 31.7. The van der Waals surface area contributed by atoms with Gasteiger partial charge >= 0.3 is 0 Å². The van der Waals surface area contributed by atoms with Gasteiger partial charge in [0.2, 0.25) is 21.9 Å². The van der Waals surface area contributed by atoms with Gasteiger partial charge in [0, 0.05) is 65.5 Å². The summed E-state index contributed by atoms with van der Waals surface area (Å²) >= 11 is 8.52. The van der Waals surface area contributed by atoms with Gasteiger partial charge in [-0.3, -0.25) is 23.8 Å². The zero-order chi connectivity index (χ0) is 35.5. The van der Waals surface area contributed by atoms with Gasteiger partial charge in [0.15, 0.2) is 0 Å². The van der Waals surface area contributed by atoms with Crippen LogP contribution in [0, 0.1) is 30.6 Å². The van der Waals surface area contributed by atoms with Gasteiger partial charge in [-0.2, -0.15) is 11.8 Å². The number of carbonyl (C=O) groups is 1. The van der Waals surface area contributed by atoms with Crippen LogP contribution in [0.25, 0.3) is 0 Å². The number of piperidine rings is 1. The predicted molar refractivity (Wildman–Crippen MR) is 190 cm³/mol. The molecule has 2 aliphatic heterocycles. The molecule has 10 nitrogen and oxygen atoms in total. The van der Waals surface area contributed by atoms with Gasteiger partial charge in [-0.25, -0.2) is 22.2 Å². The number of sulfonamides is 1. The van der Waals surface area contributed by atoms with Gasteiger partial charge in [-0.15, -0.1) is 11.6 Å². The highest BCUT2D eigenvalue weighted by molar-refractivity contribution is 8.00. The largest absolute Gasteiger partial charge is 0.376 e. The molecule has 3 saturated carbocycles. The second kappa shape index (κ2) is 14.5. The van der Waals surface area contributed by atoms with E-state index in [4.69, 9.17) is 21.3 Å². The van der Waals surface area contributed by atoms with Crippen molar-refractivity contribution in [2.75, 3.05) is 25.2 Å². The molecule has 280 valence electrons. The van der Waals surface area contributed by atoms with Crippen molar-refractivity contribution in [3.63, 3.8) is 0 Å². The number of ether oxygens (including phenoxy) is 1. The fourth-order valence-corrected chi connectivity index (χ4v) is 12.4. The Bertz CT molecular complexity index is 1600. The van der Waals surface area contributed by atoms with E-state index in [-0.39, 0.29) is 71.0 Å². The van der Waals surface area contributed by atoms with Gasteiger partial charge in [0.1, 0.15) is 5.82 Å². The van der Waals surface area contributed by atoms with Crippen molar-refractivity contribution >= 4 is 39.3 Å². The summed E-state index contributed by atoms with van der Waals surface area (Å²) in [6.07, 6.45) is 8.74. The minimum absolute atomic E-state index is 0.0106. The molecule has 2 saturated heterocycles. The monoisotopic (exact) mass is 759 g/mol. The first-order valence-corrected chi connectivity index (χ1v) is 21.9. The Morgan fingerprint density at radius 3 is 2.62 bits per heavy atom. The Labute approximate surface area is 303 Å². The Kier molecular flexibility index (Phi) is 10.7. The first kappa shape index (κ1) is 37.0. The quantitative estimate of drug-likeness (QED) is 0.324. The molecular formula is C35H52ClF2N5O5S2. The summed E-state index contributed by atoms with van der Waals surface area (Å²) < 4.78 is 61.5. The Morgan fingerprint density at radius 1 is 1.16 bits per heavy atom. The summed E-state index contributed by atoms with van der Waals surface area (Å²) in [5.41, 5.74) is 1.63. The summed E-state index contributed by atoms with van der Waals surface area (Å²) in [5, 5.41) is 3.78. The fraction of sp³-hybridized carbons (Fsp3) is 0.857. The van der Waals surface area contributed by atoms with Crippen LogP contribution in [0.15, 0.2) is 4.79 Å². The van der Waals surface area contributed by atoms with Gasteiger partial charge < -0.3 is 10.1 Å². The number of hydrogen-bond donors (Lipinski definition) is 2. The maximum atomic E-state index is 14.0. The summed E-state index contributed by atoms with van der Waals surface area (Å²) in [6, 6.07) is 0.641. The SMILES string of the molecule is Cc1nc2c(c(=O)n1CCOC1CCC(Cl)CC1C1CC(C)NC3C(C(=O)NS(C)(=O)=O)CSC13)C[C@@H](N(CC1CC(F)(F)C1)C1CC1)CC2. The van der Waals surface area contributed by atoms with E-state index in [1.807, 2.05) is 6.92 Å². The summed E-state index contributed by atoms with van der Waals surface area (Å²) in [7, 11) is -3.65. The number of alkyl halides is 3. The van der Waals surface area contributed by atoms with Crippen LogP contribution >= 0.6 is 23.4 Å². The number of aryl methyl sites for hydroxylation is 2. The van der Waals surface area contributed by atoms with E-state index in [9.17, 15) is 26.8 Å². The van der Waals surface area contributed by atoms with Crippen molar-refractivity contribution in [2.24, 2.45) is 23.7 Å². The third-order valence-electron chi connectivity index (χ3n) is 12.2. The average Bonchev–Trinajstić information content (AvgIpc) is 3.78. The van der Waals surface area contributed by atoms with E-state index in [1.165, 1.54) is 0 Å². The highest BCUT2D eigenvalue weighted by atomic mass is 35.5. The number of halogens is 3. The molecule has 3 heterocycles.